The normalized spacial score (nSPS) is 10.6. The number of carbonyl (C=O) groups is 1. The van der Waals surface area contributed by atoms with Gasteiger partial charge in [-0.1, -0.05) is 56.2 Å². The summed E-state index contributed by atoms with van der Waals surface area (Å²) in [5, 5.41) is 17.0. The Hall–Kier alpha value is -3.02. The minimum absolute atomic E-state index is 0.0321. The van der Waals surface area contributed by atoms with E-state index in [9.17, 15) is 4.79 Å². The third-order valence-electron chi connectivity index (χ3n) is 4.05. The van der Waals surface area contributed by atoms with Crippen LogP contribution < -0.4 is 5.32 Å². The molecule has 0 atom stereocenters. The standard InChI is InChI=1S/C19H21N5O/c1-2-3-6-13-20-19(25)15-11-9-14(10-12-15)16-7-4-5-8-17(16)18-21-23-24-22-18/h4-5,7-12H,2-3,6,13H2,1H3,(H,20,25)(H,21,22,23,24). The summed E-state index contributed by atoms with van der Waals surface area (Å²) in [6.45, 7) is 2.86. The lowest BCUT2D eigenvalue weighted by molar-refractivity contribution is 0.0953. The Balaban J connectivity index is 1.76. The Labute approximate surface area is 146 Å². The molecule has 0 saturated heterocycles. The fourth-order valence-electron chi connectivity index (χ4n) is 2.69. The number of nitrogens with zero attached hydrogens (tertiary/aromatic N) is 3. The van der Waals surface area contributed by atoms with Crippen LogP contribution in [0.4, 0.5) is 0 Å². The number of nitrogens with one attached hydrogen (secondary N) is 2. The molecule has 6 nitrogen and oxygen atoms in total. The smallest absolute Gasteiger partial charge is 0.251 e. The summed E-state index contributed by atoms with van der Waals surface area (Å²) in [5.74, 6) is 0.587. The SMILES string of the molecule is CCCCCNC(=O)c1ccc(-c2ccccc2-c2nnn[nH]2)cc1. The highest BCUT2D eigenvalue weighted by Gasteiger charge is 2.11. The average Bonchev–Trinajstić information content (AvgIpc) is 3.20. The van der Waals surface area contributed by atoms with Crippen molar-refractivity contribution in [3.63, 3.8) is 0 Å². The third kappa shape index (κ3) is 4.09. The number of amides is 1. The highest BCUT2D eigenvalue weighted by molar-refractivity contribution is 5.95. The van der Waals surface area contributed by atoms with Crippen LogP contribution in [0.2, 0.25) is 0 Å². The molecule has 0 unspecified atom stereocenters. The summed E-state index contributed by atoms with van der Waals surface area (Å²) in [7, 11) is 0. The monoisotopic (exact) mass is 335 g/mol. The van der Waals surface area contributed by atoms with E-state index in [0.29, 0.717) is 11.4 Å². The van der Waals surface area contributed by atoms with E-state index in [-0.39, 0.29) is 5.91 Å². The van der Waals surface area contributed by atoms with E-state index in [1.165, 1.54) is 0 Å². The molecule has 0 bridgehead atoms. The van der Waals surface area contributed by atoms with Crippen LogP contribution in [0.1, 0.15) is 36.5 Å². The summed E-state index contributed by atoms with van der Waals surface area (Å²) in [6.07, 6.45) is 3.29. The number of carbonyl (C=O) groups excluding carboxylic acids is 1. The summed E-state index contributed by atoms with van der Waals surface area (Å²) >= 11 is 0. The molecule has 3 aromatic rings. The van der Waals surface area contributed by atoms with Crippen LogP contribution in [-0.4, -0.2) is 33.1 Å². The van der Waals surface area contributed by atoms with Gasteiger partial charge < -0.3 is 5.32 Å². The molecule has 0 radical (unpaired) electrons. The predicted molar refractivity (Wildman–Crippen MR) is 96.9 cm³/mol. The van der Waals surface area contributed by atoms with Crippen molar-refractivity contribution in [3.05, 3.63) is 54.1 Å². The van der Waals surface area contributed by atoms with Gasteiger partial charge in [-0.15, -0.1) is 5.10 Å². The van der Waals surface area contributed by atoms with Gasteiger partial charge in [-0.25, -0.2) is 5.10 Å². The van der Waals surface area contributed by atoms with Crippen molar-refractivity contribution in [2.45, 2.75) is 26.2 Å². The lowest BCUT2D eigenvalue weighted by atomic mass is 9.98. The van der Waals surface area contributed by atoms with Crippen LogP contribution in [-0.2, 0) is 0 Å². The molecule has 1 heterocycles. The van der Waals surface area contributed by atoms with Crippen molar-refractivity contribution >= 4 is 5.91 Å². The molecule has 1 aromatic heterocycles. The van der Waals surface area contributed by atoms with E-state index in [4.69, 9.17) is 0 Å². The van der Waals surface area contributed by atoms with Gasteiger partial charge >= 0.3 is 0 Å². The first-order chi connectivity index (χ1) is 12.3. The van der Waals surface area contributed by atoms with Crippen molar-refractivity contribution in [3.8, 4) is 22.5 Å². The second-order valence-corrected chi connectivity index (χ2v) is 5.84. The van der Waals surface area contributed by atoms with Gasteiger partial charge in [-0.3, -0.25) is 4.79 Å². The third-order valence-corrected chi connectivity index (χ3v) is 4.05. The Morgan fingerprint density at radius 1 is 1.04 bits per heavy atom. The fraction of sp³-hybridized carbons (Fsp3) is 0.263. The van der Waals surface area contributed by atoms with Gasteiger partial charge in [0.2, 0.25) is 0 Å². The molecule has 0 aliphatic heterocycles. The van der Waals surface area contributed by atoms with Crippen LogP contribution in [0, 0.1) is 0 Å². The van der Waals surface area contributed by atoms with Crippen LogP contribution in [0.25, 0.3) is 22.5 Å². The number of hydrogen-bond donors (Lipinski definition) is 2. The highest BCUT2D eigenvalue weighted by atomic mass is 16.1. The maximum absolute atomic E-state index is 12.2. The fourth-order valence-corrected chi connectivity index (χ4v) is 2.69. The maximum Gasteiger partial charge on any atom is 0.251 e. The van der Waals surface area contributed by atoms with E-state index in [2.05, 4.69) is 32.9 Å². The number of aromatic nitrogens is 4. The van der Waals surface area contributed by atoms with E-state index in [0.717, 1.165) is 42.5 Å². The van der Waals surface area contributed by atoms with Crippen molar-refractivity contribution in [1.29, 1.82) is 0 Å². The Bertz CT molecular complexity index is 812. The quantitative estimate of drug-likeness (QED) is 0.648. The molecule has 2 N–H and O–H groups in total. The van der Waals surface area contributed by atoms with Gasteiger partial charge in [0.1, 0.15) is 0 Å². The van der Waals surface area contributed by atoms with Crippen molar-refractivity contribution in [1.82, 2.24) is 25.9 Å². The van der Waals surface area contributed by atoms with Crippen molar-refractivity contribution < 1.29 is 4.79 Å². The number of rotatable bonds is 7. The zero-order chi connectivity index (χ0) is 17.5. The molecule has 6 heteroatoms. The summed E-state index contributed by atoms with van der Waals surface area (Å²) in [5.41, 5.74) is 3.61. The summed E-state index contributed by atoms with van der Waals surface area (Å²) < 4.78 is 0. The lowest BCUT2D eigenvalue weighted by Crippen LogP contribution is -2.24. The highest BCUT2D eigenvalue weighted by Crippen LogP contribution is 2.29. The second-order valence-electron chi connectivity index (χ2n) is 5.84. The average molecular weight is 335 g/mol. The number of unbranched alkanes of at least 4 members (excludes halogenated alkanes) is 2. The van der Waals surface area contributed by atoms with Gasteiger partial charge in [-0.2, -0.15) is 0 Å². The number of benzene rings is 2. The minimum atomic E-state index is -0.0321. The Morgan fingerprint density at radius 2 is 1.80 bits per heavy atom. The summed E-state index contributed by atoms with van der Waals surface area (Å²) in [6, 6.07) is 15.5. The van der Waals surface area contributed by atoms with Crippen LogP contribution in [0.5, 0.6) is 0 Å². The Morgan fingerprint density at radius 3 is 2.48 bits per heavy atom. The molecule has 0 spiro atoms. The largest absolute Gasteiger partial charge is 0.352 e. The topological polar surface area (TPSA) is 83.6 Å². The van der Waals surface area contributed by atoms with Gasteiger partial charge in [0.15, 0.2) is 5.82 Å². The molecule has 2 aromatic carbocycles. The minimum Gasteiger partial charge on any atom is -0.352 e. The van der Waals surface area contributed by atoms with E-state index >= 15 is 0 Å². The molecule has 0 saturated carbocycles. The van der Waals surface area contributed by atoms with Crippen LogP contribution in [0.3, 0.4) is 0 Å². The molecular weight excluding hydrogens is 314 g/mol. The number of H-pyrrole nitrogens is 1. The second kappa shape index (κ2) is 8.19. The first kappa shape index (κ1) is 16.8. The predicted octanol–water partition coefficient (Wildman–Crippen LogP) is 3.45. The molecule has 0 fully saturated rings. The van der Waals surface area contributed by atoms with Crippen LogP contribution >= 0.6 is 0 Å². The van der Waals surface area contributed by atoms with Crippen molar-refractivity contribution in [2.24, 2.45) is 0 Å². The van der Waals surface area contributed by atoms with Crippen LogP contribution in [0.15, 0.2) is 48.5 Å². The first-order valence-electron chi connectivity index (χ1n) is 8.51. The summed E-state index contributed by atoms with van der Waals surface area (Å²) in [4.78, 5) is 12.2. The molecule has 1 amide bonds. The number of hydrogen-bond acceptors (Lipinski definition) is 4. The molecule has 128 valence electrons. The molecule has 3 rings (SSSR count). The first-order valence-corrected chi connectivity index (χ1v) is 8.51. The number of aromatic amines is 1. The zero-order valence-corrected chi connectivity index (χ0v) is 14.2. The molecule has 0 aliphatic rings. The lowest BCUT2D eigenvalue weighted by Gasteiger charge is -2.09. The Kier molecular flexibility index (Phi) is 5.51. The number of tetrazole rings is 1. The van der Waals surface area contributed by atoms with Gasteiger partial charge in [0.25, 0.3) is 5.91 Å². The molecular formula is C19H21N5O. The van der Waals surface area contributed by atoms with Gasteiger partial charge in [-0.05, 0) is 40.1 Å². The molecule has 25 heavy (non-hydrogen) atoms. The maximum atomic E-state index is 12.2. The van der Waals surface area contributed by atoms with E-state index < -0.39 is 0 Å². The zero-order valence-electron chi connectivity index (χ0n) is 14.2. The van der Waals surface area contributed by atoms with Gasteiger partial charge in [0, 0.05) is 17.7 Å². The molecule has 0 aliphatic carbocycles. The van der Waals surface area contributed by atoms with E-state index in [1.807, 2.05) is 48.5 Å². The van der Waals surface area contributed by atoms with E-state index in [1.54, 1.807) is 0 Å². The van der Waals surface area contributed by atoms with Gasteiger partial charge in [0.05, 0.1) is 0 Å². The van der Waals surface area contributed by atoms with Crippen molar-refractivity contribution in [2.75, 3.05) is 6.54 Å².